The Balaban J connectivity index is 2.42. The first-order chi connectivity index (χ1) is 9.13. The van der Waals surface area contributed by atoms with Crippen molar-refractivity contribution in [1.29, 1.82) is 10.5 Å². The number of anilines is 3. The first-order valence-electron chi connectivity index (χ1n) is 5.71. The number of nitrogens with one attached hydrogen (secondary N) is 1. The van der Waals surface area contributed by atoms with Crippen LogP contribution in [-0.2, 0) is 0 Å². The van der Waals surface area contributed by atoms with Gasteiger partial charge in [0.15, 0.2) is 0 Å². The number of hydrogen-bond donors (Lipinski definition) is 2. The van der Waals surface area contributed by atoms with E-state index in [0.29, 0.717) is 22.5 Å². The predicted molar refractivity (Wildman–Crippen MR) is 74.7 cm³/mol. The number of nitrogens with zero attached hydrogens (tertiary/aromatic N) is 2. The summed E-state index contributed by atoms with van der Waals surface area (Å²) >= 11 is 0. The lowest BCUT2D eigenvalue weighted by Gasteiger charge is -2.12. The van der Waals surface area contributed by atoms with Gasteiger partial charge in [0.2, 0.25) is 0 Å². The molecule has 0 saturated heterocycles. The minimum atomic E-state index is 0.533. The van der Waals surface area contributed by atoms with Crippen LogP contribution in [0.1, 0.15) is 16.7 Å². The molecular weight excluding hydrogens is 236 g/mol. The van der Waals surface area contributed by atoms with Crippen LogP contribution in [0.2, 0.25) is 0 Å². The number of rotatable bonds is 2. The molecule has 2 aromatic carbocycles. The van der Waals surface area contributed by atoms with Crippen LogP contribution in [0.5, 0.6) is 0 Å². The van der Waals surface area contributed by atoms with Crippen LogP contribution < -0.4 is 11.1 Å². The number of aryl methyl sites for hydroxylation is 1. The van der Waals surface area contributed by atoms with Gasteiger partial charge in [-0.25, -0.2) is 0 Å². The van der Waals surface area contributed by atoms with Gasteiger partial charge in [-0.3, -0.25) is 0 Å². The molecule has 4 heteroatoms. The smallest absolute Gasteiger partial charge is 0.0992 e. The minimum Gasteiger partial charge on any atom is -0.397 e. The molecule has 3 N–H and O–H groups in total. The van der Waals surface area contributed by atoms with Crippen molar-refractivity contribution in [2.45, 2.75) is 6.92 Å². The summed E-state index contributed by atoms with van der Waals surface area (Å²) in [7, 11) is 0. The van der Waals surface area contributed by atoms with E-state index in [-0.39, 0.29) is 0 Å². The fourth-order valence-electron chi connectivity index (χ4n) is 1.71. The van der Waals surface area contributed by atoms with Crippen molar-refractivity contribution >= 4 is 17.1 Å². The first-order valence-corrected chi connectivity index (χ1v) is 5.71. The Bertz CT molecular complexity index is 644. The van der Waals surface area contributed by atoms with Crippen molar-refractivity contribution in [2.24, 2.45) is 0 Å². The molecule has 2 aromatic rings. The molecule has 0 spiro atoms. The van der Waals surface area contributed by atoms with Crippen molar-refractivity contribution in [3.8, 4) is 12.1 Å². The van der Waals surface area contributed by atoms with E-state index in [1.807, 2.05) is 13.0 Å². The van der Waals surface area contributed by atoms with Gasteiger partial charge in [0, 0.05) is 5.69 Å². The van der Waals surface area contributed by atoms with Gasteiger partial charge in [0.05, 0.1) is 34.6 Å². The maximum absolute atomic E-state index is 8.91. The SMILES string of the molecule is Cc1ccc(C#N)cc1Nc1cc(C#N)ccc1N. The van der Waals surface area contributed by atoms with Crippen LogP contribution in [0, 0.1) is 29.6 Å². The molecule has 0 atom stereocenters. The molecular formula is C15H12N4. The molecule has 0 unspecified atom stereocenters. The molecule has 0 aliphatic rings. The Morgan fingerprint density at radius 3 is 2.16 bits per heavy atom. The van der Waals surface area contributed by atoms with Crippen LogP contribution in [-0.4, -0.2) is 0 Å². The second-order valence-corrected chi connectivity index (χ2v) is 4.18. The highest BCUT2D eigenvalue weighted by Gasteiger charge is 2.05. The van der Waals surface area contributed by atoms with E-state index in [9.17, 15) is 0 Å². The van der Waals surface area contributed by atoms with Crippen LogP contribution in [0.3, 0.4) is 0 Å². The van der Waals surface area contributed by atoms with Crippen molar-refractivity contribution in [2.75, 3.05) is 11.1 Å². The Morgan fingerprint density at radius 1 is 0.947 bits per heavy atom. The zero-order valence-corrected chi connectivity index (χ0v) is 10.4. The van der Waals surface area contributed by atoms with Crippen molar-refractivity contribution < 1.29 is 0 Å². The van der Waals surface area contributed by atoms with Crippen molar-refractivity contribution in [1.82, 2.24) is 0 Å². The van der Waals surface area contributed by atoms with Gasteiger partial charge < -0.3 is 11.1 Å². The molecule has 0 aliphatic carbocycles. The van der Waals surface area contributed by atoms with Gasteiger partial charge in [-0.1, -0.05) is 6.07 Å². The Hall–Kier alpha value is -2.98. The maximum atomic E-state index is 8.91. The average Bonchev–Trinajstić information content (AvgIpc) is 2.43. The number of nitriles is 2. The van der Waals surface area contributed by atoms with E-state index >= 15 is 0 Å². The quantitative estimate of drug-likeness (QED) is 0.800. The Kier molecular flexibility index (Phi) is 3.36. The van der Waals surface area contributed by atoms with E-state index in [0.717, 1.165) is 11.3 Å². The minimum absolute atomic E-state index is 0.533. The lowest BCUT2D eigenvalue weighted by atomic mass is 10.1. The predicted octanol–water partition coefficient (Wildman–Crippen LogP) is 3.06. The highest BCUT2D eigenvalue weighted by Crippen LogP contribution is 2.26. The second-order valence-electron chi connectivity index (χ2n) is 4.18. The van der Waals surface area contributed by atoms with Gasteiger partial charge in [0.1, 0.15) is 0 Å². The monoisotopic (exact) mass is 248 g/mol. The fourth-order valence-corrected chi connectivity index (χ4v) is 1.71. The summed E-state index contributed by atoms with van der Waals surface area (Å²) in [6.07, 6.45) is 0. The van der Waals surface area contributed by atoms with Gasteiger partial charge in [-0.2, -0.15) is 10.5 Å². The molecule has 2 rings (SSSR count). The molecule has 0 fully saturated rings. The third kappa shape index (κ3) is 2.65. The Morgan fingerprint density at radius 2 is 1.53 bits per heavy atom. The number of nitrogen functional groups attached to an aromatic ring is 1. The largest absolute Gasteiger partial charge is 0.397 e. The third-order valence-electron chi connectivity index (χ3n) is 2.82. The molecule has 0 bridgehead atoms. The molecule has 0 radical (unpaired) electrons. The summed E-state index contributed by atoms with van der Waals surface area (Å²) < 4.78 is 0. The van der Waals surface area contributed by atoms with E-state index in [1.165, 1.54) is 0 Å². The van der Waals surface area contributed by atoms with Crippen LogP contribution >= 0.6 is 0 Å². The normalized spacial score (nSPS) is 9.42. The molecule has 0 amide bonds. The zero-order valence-electron chi connectivity index (χ0n) is 10.4. The van der Waals surface area contributed by atoms with Gasteiger partial charge in [-0.05, 0) is 42.8 Å². The van der Waals surface area contributed by atoms with Crippen molar-refractivity contribution in [3.05, 3.63) is 53.1 Å². The molecule has 0 aromatic heterocycles. The molecule has 0 heterocycles. The van der Waals surface area contributed by atoms with Crippen LogP contribution in [0.25, 0.3) is 0 Å². The van der Waals surface area contributed by atoms with E-state index in [1.54, 1.807) is 30.3 Å². The van der Waals surface area contributed by atoms with Gasteiger partial charge >= 0.3 is 0 Å². The lowest BCUT2D eigenvalue weighted by molar-refractivity contribution is 1.40. The average molecular weight is 248 g/mol. The van der Waals surface area contributed by atoms with Gasteiger partial charge in [0.25, 0.3) is 0 Å². The summed E-state index contributed by atoms with van der Waals surface area (Å²) in [4.78, 5) is 0. The Labute approximate surface area is 111 Å². The molecule has 0 saturated carbocycles. The molecule has 92 valence electrons. The van der Waals surface area contributed by atoms with Gasteiger partial charge in [-0.15, -0.1) is 0 Å². The lowest BCUT2D eigenvalue weighted by Crippen LogP contribution is -1.99. The highest BCUT2D eigenvalue weighted by atomic mass is 14.9. The first kappa shape index (κ1) is 12.5. The summed E-state index contributed by atoms with van der Waals surface area (Å²) in [5.74, 6) is 0. The maximum Gasteiger partial charge on any atom is 0.0992 e. The standard InChI is InChI=1S/C15H12N4/c1-10-2-3-11(8-16)6-14(10)19-15-7-12(9-17)4-5-13(15)18/h2-7,19H,18H2,1H3. The molecule has 19 heavy (non-hydrogen) atoms. The summed E-state index contributed by atoms with van der Waals surface area (Å²) in [6, 6.07) is 14.6. The summed E-state index contributed by atoms with van der Waals surface area (Å²) in [5, 5.41) is 21.0. The topological polar surface area (TPSA) is 85.6 Å². The van der Waals surface area contributed by atoms with E-state index in [4.69, 9.17) is 16.3 Å². The van der Waals surface area contributed by atoms with E-state index < -0.39 is 0 Å². The fraction of sp³-hybridized carbons (Fsp3) is 0.0667. The highest BCUT2D eigenvalue weighted by molar-refractivity contribution is 5.75. The number of hydrogen-bond acceptors (Lipinski definition) is 4. The van der Waals surface area contributed by atoms with E-state index in [2.05, 4.69) is 17.5 Å². The third-order valence-corrected chi connectivity index (χ3v) is 2.82. The molecule has 0 aliphatic heterocycles. The van der Waals surface area contributed by atoms with Crippen LogP contribution in [0.15, 0.2) is 36.4 Å². The zero-order chi connectivity index (χ0) is 13.8. The second kappa shape index (κ2) is 5.12. The molecule has 4 nitrogen and oxygen atoms in total. The summed E-state index contributed by atoms with van der Waals surface area (Å²) in [6.45, 7) is 1.94. The number of benzene rings is 2. The number of nitrogens with two attached hydrogens (primary N) is 1. The van der Waals surface area contributed by atoms with Crippen molar-refractivity contribution in [3.63, 3.8) is 0 Å². The summed E-state index contributed by atoms with van der Waals surface area (Å²) in [5.41, 5.74) is 10.0. The van der Waals surface area contributed by atoms with Crippen LogP contribution in [0.4, 0.5) is 17.1 Å².